The Kier molecular flexibility index (Phi) is 2.71. The Labute approximate surface area is 93.9 Å². The molecule has 88 valence electrons. The molecule has 16 heavy (non-hydrogen) atoms. The van der Waals surface area contributed by atoms with E-state index in [0.29, 0.717) is 18.3 Å². The van der Waals surface area contributed by atoms with Crippen molar-refractivity contribution in [1.29, 1.82) is 0 Å². The molecule has 0 amide bonds. The van der Waals surface area contributed by atoms with Gasteiger partial charge in [-0.25, -0.2) is 4.98 Å². The third kappa shape index (κ3) is 3.06. The van der Waals surface area contributed by atoms with Crippen molar-refractivity contribution in [3.63, 3.8) is 0 Å². The summed E-state index contributed by atoms with van der Waals surface area (Å²) in [7, 11) is 0. The molecular weight excluding hydrogens is 206 g/mol. The molecule has 5 nitrogen and oxygen atoms in total. The van der Waals surface area contributed by atoms with Crippen LogP contribution in [0.5, 0.6) is 0 Å². The highest BCUT2D eigenvalue weighted by Gasteiger charge is 2.26. The summed E-state index contributed by atoms with van der Waals surface area (Å²) in [6, 6.07) is 1.41. The van der Waals surface area contributed by atoms with Crippen molar-refractivity contribution in [2.24, 2.45) is 0 Å². The van der Waals surface area contributed by atoms with Gasteiger partial charge in [-0.15, -0.1) is 0 Å². The molecule has 5 heteroatoms. The number of hydrogen-bond donors (Lipinski definition) is 3. The molecule has 1 aromatic rings. The quantitative estimate of drug-likeness (QED) is 0.706. The lowest BCUT2D eigenvalue weighted by atomic mass is 10.1. The van der Waals surface area contributed by atoms with Gasteiger partial charge in [-0.1, -0.05) is 0 Å². The van der Waals surface area contributed by atoms with Crippen molar-refractivity contribution in [3.05, 3.63) is 22.2 Å². The van der Waals surface area contributed by atoms with Crippen LogP contribution in [0.1, 0.15) is 38.4 Å². The van der Waals surface area contributed by atoms with E-state index in [4.69, 9.17) is 0 Å². The summed E-state index contributed by atoms with van der Waals surface area (Å²) in [5, 5.41) is 12.5. The summed E-state index contributed by atoms with van der Waals surface area (Å²) in [5.74, 6) is 1.70. The van der Waals surface area contributed by atoms with E-state index in [1.807, 2.05) is 0 Å². The molecule has 0 unspecified atom stereocenters. The Bertz CT molecular complexity index is 430. The zero-order chi connectivity index (χ0) is 11.8. The second-order valence-electron chi connectivity index (χ2n) is 4.96. The normalized spacial score (nSPS) is 16.2. The highest BCUT2D eigenvalue weighted by Crippen LogP contribution is 2.37. The van der Waals surface area contributed by atoms with E-state index in [9.17, 15) is 9.90 Å². The molecule has 0 bridgehead atoms. The molecule has 1 saturated carbocycles. The maximum atomic E-state index is 11.4. The Morgan fingerprint density at radius 2 is 2.31 bits per heavy atom. The lowest BCUT2D eigenvalue weighted by Gasteiger charge is -2.18. The molecule has 0 saturated heterocycles. The summed E-state index contributed by atoms with van der Waals surface area (Å²) >= 11 is 0. The van der Waals surface area contributed by atoms with Crippen LogP contribution in [0.4, 0.5) is 5.82 Å². The standard InChI is InChI=1S/C11H17N3O2/c1-11(2,16)6-12-8-5-9(15)14-10(13-8)7-3-4-7/h5,7,16H,3-4,6H2,1-2H3,(H2,12,13,14,15). The summed E-state index contributed by atoms with van der Waals surface area (Å²) in [5.41, 5.74) is -0.959. The highest BCUT2D eigenvalue weighted by atomic mass is 16.3. The largest absolute Gasteiger partial charge is 0.389 e. The number of aliphatic hydroxyl groups is 1. The fourth-order valence-corrected chi connectivity index (χ4v) is 1.42. The summed E-state index contributed by atoms with van der Waals surface area (Å²) in [6.07, 6.45) is 2.19. The zero-order valence-corrected chi connectivity index (χ0v) is 9.58. The predicted molar refractivity (Wildman–Crippen MR) is 61.6 cm³/mol. The van der Waals surface area contributed by atoms with Gasteiger partial charge in [-0.3, -0.25) is 4.79 Å². The maximum absolute atomic E-state index is 11.4. The molecule has 1 fully saturated rings. The first-order valence-corrected chi connectivity index (χ1v) is 5.51. The van der Waals surface area contributed by atoms with Crippen LogP contribution in [0.15, 0.2) is 10.9 Å². The van der Waals surface area contributed by atoms with E-state index in [1.54, 1.807) is 13.8 Å². The Morgan fingerprint density at radius 1 is 1.62 bits per heavy atom. The van der Waals surface area contributed by atoms with Crippen molar-refractivity contribution in [3.8, 4) is 0 Å². The van der Waals surface area contributed by atoms with Crippen molar-refractivity contribution >= 4 is 5.82 Å². The molecule has 0 aromatic carbocycles. The number of aromatic nitrogens is 2. The Hall–Kier alpha value is -1.36. The van der Waals surface area contributed by atoms with E-state index in [1.165, 1.54) is 6.07 Å². The van der Waals surface area contributed by atoms with Gasteiger partial charge in [0.05, 0.1) is 5.60 Å². The topological polar surface area (TPSA) is 78.0 Å². The van der Waals surface area contributed by atoms with E-state index in [0.717, 1.165) is 18.7 Å². The number of hydrogen-bond acceptors (Lipinski definition) is 4. The predicted octanol–water partition coefficient (Wildman–Crippen LogP) is 0.830. The molecular formula is C11H17N3O2. The lowest BCUT2D eigenvalue weighted by molar-refractivity contribution is 0.0944. The first-order chi connectivity index (χ1) is 7.44. The monoisotopic (exact) mass is 223 g/mol. The second kappa shape index (κ2) is 3.90. The van der Waals surface area contributed by atoms with Crippen LogP contribution in [0.2, 0.25) is 0 Å². The first-order valence-electron chi connectivity index (χ1n) is 5.51. The van der Waals surface area contributed by atoms with Gasteiger partial charge in [-0.2, -0.15) is 0 Å². The number of anilines is 1. The first kappa shape index (κ1) is 11.1. The van der Waals surface area contributed by atoms with Crippen LogP contribution in [-0.2, 0) is 0 Å². The van der Waals surface area contributed by atoms with Gasteiger partial charge in [0.25, 0.3) is 5.56 Å². The van der Waals surface area contributed by atoms with Crippen LogP contribution >= 0.6 is 0 Å². The third-order valence-electron chi connectivity index (χ3n) is 2.43. The van der Waals surface area contributed by atoms with Crippen molar-refractivity contribution in [1.82, 2.24) is 9.97 Å². The molecule has 2 rings (SSSR count). The van der Waals surface area contributed by atoms with Gasteiger partial charge >= 0.3 is 0 Å². The molecule has 1 aromatic heterocycles. The second-order valence-corrected chi connectivity index (χ2v) is 4.96. The van der Waals surface area contributed by atoms with E-state index >= 15 is 0 Å². The maximum Gasteiger partial charge on any atom is 0.252 e. The minimum Gasteiger partial charge on any atom is -0.389 e. The molecule has 1 aliphatic rings. The van der Waals surface area contributed by atoms with Crippen LogP contribution in [0.25, 0.3) is 0 Å². The third-order valence-corrected chi connectivity index (χ3v) is 2.43. The molecule has 0 aliphatic heterocycles. The fourth-order valence-electron chi connectivity index (χ4n) is 1.42. The molecule has 0 atom stereocenters. The summed E-state index contributed by atoms with van der Waals surface area (Å²) < 4.78 is 0. The van der Waals surface area contributed by atoms with Crippen molar-refractivity contribution in [2.75, 3.05) is 11.9 Å². The van der Waals surface area contributed by atoms with Gasteiger partial charge in [-0.05, 0) is 26.7 Å². The number of nitrogens with one attached hydrogen (secondary N) is 2. The van der Waals surface area contributed by atoms with Gasteiger partial charge in [0.2, 0.25) is 0 Å². The van der Waals surface area contributed by atoms with E-state index < -0.39 is 5.60 Å². The van der Waals surface area contributed by atoms with Gasteiger partial charge in [0.15, 0.2) is 0 Å². The zero-order valence-electron chi connectivity index (χ0n) is 9.58. The Balaban J connectivity index is 2.11. The van der Waals surface area contributed by atoms with Crippen molar-refractivity contribution < 1.29 is 5.11 Å². The minimum absolute atomic E-state index is 0.143. The number of H-pyrrole nitrogens is 1. The minimum atomic E-state index is -0.815. The average molecular weight is 223 g/mol. The van der Waals surface area contributed by atoms with Gasteiger partial charge in [0, 0.05) is 18.5 Å². The SMILES string of the molecule is CC(C)(O)CNc1cc(=O)[nH]c(C2CC2)n1. The Morgan fingerprint density at radius 3 is 2.88 bits per heavy atom. The molecule has 1 aliphatic carbocycles. The van der Waals surface area contributed by atoms with Crippen LogP contribution in [0.3, 0.4) is 0 Å². The molecule has 0 spiro atoms. The van der Waals surface area contributed by atoms with Gasteiger partial charge in [0.1, 0.15) is 11.6 Å². The average Bonchev–Trinajstić information content (AvgIpc) is 2.95. The van der Waals surface area contributed by atoms with Crippen LogP contribution in [0, 0.1) is 0 Å². The molecule has 0 radical (unpaired) electrons. The van der Waals surface area contributed by atoms with Crippen molar-refractivity contribution in [2.45, 2.75) is 38.2 Å². The van der Waals surface area contributed by atoms with E-state index in [-0.39, 0.29) is 5.56 Å². The number of nitrogens with zero attached hydrogens (tertiary/aromatic N) is 1. The molecule has 1 heterocycles. The summed E-state index contributed by atoms with van der Waals surface area (Å²) in [4.78, 5) is 18.4. The van der Waals surface area contributed by atoms with E-state index in [2.05, 4.69) is 15.3 Å². The van der Waals surface area contributed by atoms with Gasteiger partial charge < -0.3 is 15.4 Å². The fraction of sp³-hybridized carbons (Fsp3) is 0.636. The number of rotatable bonds is 4. The molecule has 3 N–H and O–H groups in total. The summed E-state index contributed by atoms with van der Waals surface area (Å²) in [6.45, 7) is 3.78. The lowest BCUT2D eigenvalue weighted by Crippen LogP contribution is -2.30. The number of aromatic amines is 1. The highest BCUT2D eigenvalue weighted by molar-refractivity contribution is 5.34. The van der Waals surface area contributed by atoms with Crippen LogP contribution in [-0.4, -0.2) is 27.2 Å². The smallest absolute Gasteiger partial charge is 0.252 e. The van der Waals surface area contributed by atoms with Crippen LogP contribution < -0.4 is 10.9 Å².